The molecule has 0 spiro atoms. The SMILES string of the molecule is C/C=C/COc1cc(C)c(OCCc2ccc(COC/C=N/OC)cc2)c(C)c1. The van der Waals surface area contributed by atoms with Gasteiger partial charge < -0.3 is 19.0 Å². The Morgan fingerprint density at radius 3 is 2.28 bits per heavy atom. The minimum absolute atomic E-state index is 0.432. The van der Waals surface area contributed by atoms with Crippen LogP contribution in [0.5, 0.6) is 11.5 Å². The first-order chi connectivity index (χ1) is 14.1. The molecule has 2 aromatic carbocycles. The molecule has 0 aromatic heterocycles. The molecule has 0 bridgehead atoms. The zero-order valence-electron chi connectivity index (χ0n) is 17.8. The maximum Gasteiger partial charge on any atom is 0.125 e. The van der Waals surface area contributed by atoms with Crippen LogP contribution in [0, 0.1) is 13.8 Å². The van der Waals surface area contributed by atoms with Gasteiger partial charge in [0.2, 0.25) is 0 Å². The van der Waals surface area contributed by atoms with Gasteiger partial charge in [-0.05, 0) is 55.2 Å². The number of rotatable bonds is 12. The summed E-state index contributed by atoms with van der Waals surface area (Å²) in [4.78, 5) is 4.59. The van der Waals surface area contributed by atoms with E-state index in [0.29, 0.717) is 26.4 Å². The van der Waals surface area contributed by atoms with Crippen molar-refractivity contribution in [2.24, 2.45) is 5.16 Å². The van der Waals surface area contributed by atoms with Gasteiger partial charge in [0, 0.05) is 6.42 Å². The lowest BCUT2D eigenvalue weighted by molar-refractivity contribution is 0.154. The van der Waals surface area contributed by atoms with Crippen LogP contribution in [0.3, 0.4) is 0 Å². The first kappa shape index (κ1) is 22.5. The fourth-order valence-electron chi connectivity index (χ4n) is 2.87. The third-order valence-electron chi connectivity index (χ3n) is 4.32. The van der Waals surface area contributed by atoms with E-state index in [4.69, 9.17) is 14.2 Å². The number of allylic oxidation sites excluding steroid dienone is 1. The van der Waals surface area contributed by atoms with Crippen molar-refractivity contribution in [3.8, 4) is 11.5 Å². The van der Waals surface area contributed by atoms with Crippen LogP contribution in [-0.2, 0) is 22.6 Å². The van der Waals surface area contributed by atoms with E-state index in [1.54, 1.807) is 6.21 Å². The Hall–Kier alpha value is -2.79. The van der Waals surface area contributed by atoms with Gasteiger partial charge in [0.1, 0.15) is 25.2 Å². The van der Waals surface area contributed by atoms with Crippen molar-refractivity contribution in [2.45, 2.75) is 33.8 Å². The third kappa shape index (κ3) is 8.00. The maximum absolute atomic E-state index is 6.06. The van der Waals surface area contributed by atoms with Crippen LogP contribution in [0.15, 0.2) is 53.7 Å². The molecule has 0 saturated carbocycles. The Labute approximate surface area is 173 Å². The summed E-state index contributed by atoms with van der Waals surface area (Å²) < 4.78 is 17.3. The molecule has 0 aliphatic carbocycles. The van der Waals surface area contributed by atoms with Crippen LogP contribution < -0.4 is 9.47 Å². The quantitative estimate of drug-likeness (QED) is 0.218. The first-order valence-corrected chi connectivity index (χ1v) is 9.82. The molecule has 0 amide bonds. The minimum atomic E-state index is 0.432. The van der Waals surface area contributed by atoms with E-state index in [-0.39, 0.29) is 0 Å². The molecule has 0 radical (unpaired) electrons. The monoisotopic (exact) mass is 397 g/mol. The zero-order valence-corrected chi connectivity index (χ0v) is 17.8. The Bertz CT molecular complexity index is 774. The largest absolute Gasteiger partial charge is 0.493 e. The molecule has 2 rings (SSSR count). The molecule has 0 aliphatic heterocycles. The molecule has 29 heavy (non-hydrogen) atoms. The standard InChI is InChI=1S/C24H31NO4/c1-5-6-13-28-23-16-19(2)24(20(3)17-23)29-14-11-21-7-9-22(10-8-21)18-27-15-12-25-26-4/h5-10,12,16-17H,11,13-15,18H2,1-4H3/b6-5+,25-12+. The van der Waals surface area contributed by atoms with Crippen LogP contribution >= 0.6 is 0 Å². The van der Waals surface area contributed by atoms with E-state index >= 15 is 0 Å². The van der Waals surface area contributed by atoms with E-state index in [9.17, 15) is 0 Å². The molecule has 0 heterocycles. The van der Waals surface area contributed by atoms with Crippen LogP contribution in [-0.4, -0.2) is 33.1 Å². The number of hydrogen-bond donors (Lipinski definition) is 0. The first-order valence-electron chi connectivity index (χ1n) is 9.82. The van der Waals surface area contributed by atoms with E-state index < -0.39 is 0 Å². The highest BCUT2D eigenvalue weighted by Crippen LogP contribution is 2.28. The minimum Gasteiger partial charge on any atom is -0.493 e. The number of oxime groups is 1. The van der Waals surface area contributed by atoms with Gasteiger partial charge in [-0.2, -0.15) is 0 Å². The molecular formula is C24H31NO4. The van der Waals surface area contributed by atoms with Gasteiger partial charge in [-0.25, -0.2) is 0 Å². The Morgan fingerprint density at radius 2 is 1.62 bits per heavy atom. The van der Waals surface area contributed by atoms with Gasteiger partial charge in [-0.1, -0.05) is 41.6 Å². The van der Waals surface area contributed by atoms with Crippen molar-refractivity contribution >= 4 is 6.21 Å². The summed E-state index contributed by atoms with van der Waals surface area (Å²) in [5.41, 5.74) is 4.53. The van der Waals surface area contributed by atoms with Crippen LogP contribution in [0.2, 0.25) is 0 Å². The van der Waals surface area contributed by atoms with Crippen molar-refractivity contribution in [3.63, 3.8) is 0 Å². The summed E-state index contributed by atoms with van der Waals surface area (Å²) in [6.07, 6.45) is 6.41. The number of nitrogens with zero attached hydrogens (tertiary/aromatic N) is 1. The average molecular weight is 398 g/mol. The molecule has 0 unspecified atom stereocenters. The Kier molecular flexibility index (Phi) is 9.80. The van der Waals surface area contributed by atoms with Crippen LogP contribution in [0.4, 0.5) is 0 Å². The molecular weight excluding hydrogens is 366 g/mol. The van der Waals surface area contributed by atoms with Gasteiger partial charge in [-0.3, -0.25) is 0 Å². The summed E-state index contributed by atoms with van der Waals surface area (Å²) in [5.74, 6) is 1.81. The number of aryl methyl sites for hydroxylation is 2. The number of ether oxygens (including phenoxy) is 3. The fourth-order valence-corrected chi connectivity index (χ4v) is 2.87. The van der Waals surface area contributed by atoms with Gasteiger partial charge in [0.25, 0.3) is 0 Å². The molecule has 5 nitrogen and oxygen atoms in total. The predicted molar refractivity (Wildman–Crippen MR) is 117 cm³/mol. The fraction of sp³-hybridized carbons (Fsp3) is 0.375. The van der Waals surface area contributed by atoms with Crippen LogP contribution in [0.1, 0.15) is 29.2 Å². The summed E-state index contributed by atoms with van der Waals surface area (Å²) in [6.45, 7) is 8.28. The van der Waals surface area contributed by atoms with Gasteiger partial charge in [-0.15, -0.1) is 0 Å². The second-order valence-corrected chi connectivity index (χ2v) is 6.67. The van der Waals surface area contributed by atoms with E-state index in [0.717, 1.165) is 34.6 Å². The normalized spacial score (nSPS) is 11.3. The third-order valence-corrected chi connectivity index (χ3v) is 4.32. The smallest absolute Gasteiger partial charge is 0.125 e. The van der Waals surface area contributed by atoms with E-state index in [2.05, 4.69) is 48.1 Å². The maximum atomic E-state index is 6.06. The Morgan fingerprint density at radius 1 is 0.931 bits per heavy atom. The second kappa shape index (κ2) is 12.6. The molecule has 0 atom stereocenters. The van der Waals surface area contributed by atoms with Crippen molar-refractivity contribution in [3.05, 3.63) is 70.8 Å². The van der Waals surface area contributed by atoms with Gasteiger partial charge in [0.15, 0.2) is 0 Å². The highest BCUT2D eigenvalue weighted by molar-refractivity contribution is 5.57. The number of hydrogen-bond acceptors (Lipinski definition) is 5. The van der Waals surface area contributed by atoms with Crippen molar-refractivity contribution in [1.29, 1.82) is 0 Å². The molecule has 0 fully saturated rings. The molecule has 0 aliphatic rings. The van der Waals surface area contributed by atoms with Gasteiger partial charge >= 0.3 is 0 Å². The lowest BCUT2D eigenvalue weighted by Crippen LogP contribution is -2.05. The molecule has 0 N–H and O–H groups in total. The molecule has 2 aromatic rings. The zero-order chi connectivity index (χ0) is 20.9. The molecule has 5 heteroatoms. The average Bonchev–Trinajstić information content (AvgIpc) is 2.71. The molecule has 156 valence electrons. The summed E-state index contributed by atoms with van der Waals surface area (Å²) in [7, 11) is 1.51. The summed E-state index contributed by atoms with van der Waals surface area (Å²) in [5, 5.41) is 3.64. The topological polar surface area (TPSA) is 49.3 Å². The highest BCUT2D eigenvalue weighted by atomic mass is 16.6. The summed E-state index contributed by atoms with van der Waals surface area (Å²) in [6, 6.07) is 12.4. The highest BCUT2D eigenvalue weighted by Gasteiger charge is 2.07. The van der Waals surface area contributed by atoms with E-state index in [1.165, 1.54) is 12.7 Å². The second-order valence-electron chi connectivity index (χ2n) is 6.67. The Balaban J connectivity index is 1.81. The lowest BCUT2D eigenvalue weighted by atomic mass is 10.1. The predicted octanol–water partition coefficient (Wildman–Crippen LogP) is 5.03. The van der Waals surface area contributed by atoms with E-state index in [1.807, 2.05) is 31.2 Å². The van der Waals surface area contributed by atoms with Crippen molar-refractivity contribution in [2.75, 3.05) is 26.9 Å². The molecule has 0 saturated heterocycles. The number of benzene rings is 2. The van der Waals surface area contributed by atoms with Crippen molar-refractivity contribution < 1.29 is 19.0 Å². The van der Waals surface area contributed by atoms with Gasteiger partial charge in [0.05, 0.1) is 26.0 Å². The lowest BCUT2D eigenvalue weighted by Gasteiger charge is -2.14. The van der Waals surface area contributed by atoms with Crippen molar-refractivity contribution in [1.82, 2.24) is 0 Å². The summed E-state index contributed by atoms with van der Waals surface area (Å²) >= 11 is 0. The van der Waals surface area contributed by atoms with Crippen LogP contribution in [0.25, 0.3) is 0 Å².